The van der Waals surface area contributed by atoms with E-state index in [1.807, 2.05) is 4.90 Å². The summed E-state index contributed by atoms with van der Waals surface area (Å²) in [5.74, 6) is 1.22. The van der Waals surface area contributed by atoms with E-state index in [1.54, 1.807) is 0 Å². The van der Waals surface area contributed by atoms with Gasteiger partial charge in [0.1, 0.15) is 5.41 Å². The Morgan fingerprint density at radius 1 is 1.15 bits per heavy atom. The number of fused-ring (bicyclic) bond motifs is 1. The molecule has 3 heterocycles. The summed E-state index contributed by atoms with van der Waals surface area (Å²) in [4.78, 5) is 33.4. The standard InChI is InChI=1S/C19H26N4O4/c24-17(13-3-1-2-4-13)23-8-14-7-22(10-19(14,11-23)18(25)26)9-15-20-16(27-21-15)12-5-6-12/h12-14H,1-11H2,(H,25,26)/t14?,19-/m0/s1. The van der Waals surface area contributed by atoms with Gasteiger partial charge in [-0.25, -0.2) is 0 Å². The molecule has 8 nitrogen and oxygen atoms in total. The number of hydrogen-bond donors (Lipinski definition) is 1. The average molecular weight is 374 g/mol. The van der Waals surface area contributed by atoms with Gasteiger partial charge in [0.15, 0.2) is 5.82 Å². The van der Waals surface area contributed by atoms with Gasteiger partial charge in [-0.05, 0) is 25.7 Å². The van der Waals surface area contributed by atoms with E-state index < -0.39 is 11.4 Å². The van der Waals surface area contributed by atoms with Gasteiger partial charge in [0.2, 0.25) is 11.8 Å². The van der Waals surface area contributed by atoms with E-state index in [9.17, 15) is 14.7 Å². The summed E-state index contributed by atoms with van der Waals surface area (Å²) < 4.78 is 5.31. The Kier molecular flexibility index (Phi) is 4.00. The van der Waals surface area contributed by atoms with Crippen molar-refractivity contribution in [2.24, 2.45) is 17.3 Å². The Hall–Kier alpha value is -1.96. The average Bonchev–Trinajstić information content (AvgIpc) is 3.05. The molecule has 0 aromatic carbocycles. The molecule has 2 aliphatic heterocycles. The second kappa shape index (κ2) is 6.29. The zero-order valence-corrected chi connectivity index (χ0v) is 15.5. The number of hydrogen-bond acceptors (Lipinski definition) is 6. The summed E-state index contributed by atoms with van der Waals surface area (Å²) in [6.07, 6.45) is 6.35. The maximum Gasteiger partial charge on any atom is 0.313 e. The third kappa shape index (κ3) is 2.94. The SMILES string of the molecule is O=C(C1CCCC1)N1CC2CN(Cc3noc(C4CC4)n3)C[C@]2(C(=O)O)C1. The molecule has 1 unspecified atom stereocenters. The van der Waals surface area contributed by atoms with Crippen LogP contribution < -0.4 is 0 Å². The topological polar surface area (TPSA) is 99.8 Å². The molecule has 146 valence electrons. The summed E-state index contributed by atoms with van der Waals surface area (Å²) in [6.45, 7) is 2.50. The van der Waals surface area contributed by atoms with Crippen molar-refractivity contribution >= 4 is 11.9 Å². The molecule has 1 aromatic heterocycles. The van der Waals surface area contributed by atoms with Gasteiger partial charge in [0.05, 0.1) is 6.54 Å². The number of aromatic nitrogens is 2. The molecule has 2 aliphatic carbocycles. The lowest BCUT2D eigenvalue weighted by Gasteiger charge is -2.26. The van der Waals surface area contributed by atoms with E-state index in [-0.39, 0.29) is 17.7 Å². The molecule has 1 aromatic rings. The van der Waals surface area contributed by atoms with Crippen LogP contribution in [0.1, 0.15) is 56.2 Å². The lowest BCUT2D eigenvalue weighted by atomic mass is 9.81. The first-order chi connectivity index (χ1) is 13.0. The Bertz CT molecular complexity index is 755. The molecule has 8 heteroatoms. The fraction of sp³-hybridized carbons (Fsp3) is 0.789. The highest BCUT2D eigenvalue weighted by Crippen LogP contribution is 2.44. The van der Waals surface area contributed by atoms with Crippen LogP contribution in [0.15, 0.2) is 4.52 Å². The largest absolute Gasteiger partial charge is 0.481 e. The van der Waals surface area contributed by atoms with Gasteiger partial charge in [-0.3, -0.25) is 14.5 Å². The zero-order valence-electron chi connectivity index (χ0n) is 15.5. The number of aliphatic carboxylic acids is 1. The molecule has 5 rings (SSSR count). The van der Waals surface area contributed by atoms with Gasteiger partial charge in [-0.1, -0.05) is 18.0 Å². The first-order valence-corrected chi connectivity index (χ1v) is 10.1. The van der Waals surface area contributed by atoms with Gasteiger partial charge in [0.25, 0.3) is 0 Å². The molecule has 27 heavy (non-hydrogen) atoms. The van der Waals surface area contributed by atoms with Crippen molar-refractivity contribution in [2.75, 3.05) is 26.2 Å². The molecule has 4 fully saturated rings. The van der Waals surface area contributed by atoms with E-state index in [4.69, 9.17) is 4.52 Å². The summed E-state index contributed by atoms with van der Waals surface area (Å²) in [5.41, 5.74) is -0.864. The number of carbonyl (C=O) groups excluding carboxylic acids is 1. The van der Waals surface area contributed by atoms with E-state index in [2.05, 4.69) is 15.0 Å². The molecule has 2 saturated carbocycles. The third-order valence-corrected chi connectivity index (χ3v) is 6.90. The summed E-state index contributed by atoms with van der Waals surface area (Å²) in [7, 11) is 0. The van der Waals surface area contributed by atoms with Crippen molar-refractivity contribution < 1.29 is 19.2 Å². The van der Waals surface area contributed by atoms with E-state index in [0.717, 1.165) is 38.5 Å². The molecular weight excluding hydrogens is 348 g/mol. The minimum atomic E-state index is -0.864. The lowest BCUT2D eigenvalue weighted by Crippen LogP contribution is -2.43. The van der Waals surface area contributed by atoms with E-state index >= 15 is 0 Å². The zero-order chi connectivity index (χ0) is 18.6. The predicted molar refractivity (Wildman–Crippen MR) is 93.6 cm³/mol. The smallest absolute Gasteiger partial charge is 0.313 e. The van der Waals surface area contributed by atoms with Crippen molar-refractivity contribution in [3.8, 4) is 0 Å². The Morgan fingerprint density at radius 3 is 2.59 bits per heavy atom. The molecule has 0 bridgehead atoms. The van der Waals surface area contributed by atoms with Crippen LogP contribution in [0.25, 0.3) is 0 Å². The van der Waals surface area contributed by atoms with Crippen molar-refractivity contribution in [1.29, 1.82) is 0 Å². The number of likely N-dealkylation sites (tertiary alicyclic amines) is 2. The fourth-order valence-electron chi connectivity index (χ4n) is 5.22. The molecule has 1 N–H and O–H groups in total. The number of amides is 1. The first kappa shape index (κ1) is 17.2. The van der Waals surface area contributed by atoms with E-state index in [0.29, 0.717) is 50.4 Å². The van der Waals surface area contributed by atoms with Crippen LogP contribution in [0.4, 0.5) is 0 Å². The van der Waals surface area contributed by atoms with Gasteiger partial charge >= 0.3 is 5.97 Å². The fourth-order valence-corrected chi connectivity index (χ4v) is 5.22. The Balaban J connectivity index is 1.27. The molecule has 0 radical (unpaired) electrons. The van der Waals surface area contributed by atoms with Crippen LogP contribution in [0.3, 0.4) is 0 Å². The highest BCUT2D eigenvalue weighted by Gasteiger charge is 2.58. The van der Waals surface area contributed by atoms with E-state index in [1.165, 1.54) is 0 Å². The van der Waals surface area contributed by atoms with Crippen LogP contribution >= 0.6 is 0 Å². The maximum absolute atomic E-state index is 12.8. The highest BCUT2D eigenvalue weighted by atomic mass is 16.5. The van der Waals surface area contributed by atoms with Gasteiger partial charge < -0.3 is 14.5 Å². The monoisotopic (exact) mass is 374 g/mol. The number of carboxylic acids is 1. The molecule has 1 amide bonds. The first-order valence-electron chi connectivity index (χ1n) is 10.1. The number of nitrogens with zero attached hydrogens (tertiary/aromatic N) is 4. The quantitative estimate of drug-likeness (QED) is 0.833. The maximum atomic E-state index is 12.8. The number of carbonyl (C=O) groups is 2. The second-order valence-corrected chi connectivity index (χ2v) is 8.85. The van der Waals surface area contributed by atoms with Crippen LogP contribution in [0.5, 0.6) is 0 Å². The van der Waals surface area contributed by atoms with Crippen LogP contribution in [0, 0.1) is 17.3 Å². The normalized spacial score (nSPS) is 31.6. The Labute approximate surface area is 157 Å². The molecule has 2 saturated heterocycles. The minimum Gasteiger partial charge on any atom is -0.481 e. The number of carboxylic acid groups (broad SMARTS) is 1. The predicted octanol–water partition coefficient (Wildman–Crippen LogP) is 1.48. The minimum absolute atomic E-state index is 0.0323. The van der Waals surface area contributed by atoms with Crippen molar-refractivity contribution in [2.45, 2.75) is 51.0 Å². The molecule has 4 aliphatic rings. The summed E-state index contributed by atoms with van der Waals surface area (Å²) in [5, 5.41) is 14.1. The van der Waals surface area contributed by atoms with Gasteiger partial charge in [0, 0.05) is 43.9 Å². The summed E-state index contributed by atoms with van der Waals surface area (Å²) >= 11 is 0. The summed E-state index contributed by atoms with van der Waals surface area (Å²) in [6, 6.07) is 0. The van der Waals surface area contributed by atoms with Crippen molar-refractivity contribution in [3.05, 3.63) is 11.7 Å². The number of rotatable bonds is 5. The third-order valence-electron chi connectivity index (χ3n) is 6.90. The molecular formula is C19H26N4O4. The van der Waals surface area contributed by atoms with Crippen molar-refractivity contribution in [1.82, 2.24) is 19.9 Å². The van der Waals surface area contributed by atoms with Gasteiger partial charge in [-0.15, -0.1) is 0 Å². The Morgan fingerprint density at radius 2 is 1.93 bits per heavy atom. The van der Waals surface area contributed by atoms with Crippen molar-refractivity contribution in [3.63, 3.8) is 0 Å². The van der Waals surface area contributed by atoms with Crippen LogP contribution in [-0.4, -0.2) is 63.1 Å². The molecule has 0 spiro atoms. The highest BCUT2D eigenvalue weighted by molar-refractivity contribution is 5.83. The lowest BCUT2D eigenvalue weighted by molar-refractivity contribution is -0.149. The van der Waals surface area contributed by atoms with Gasteiger partial charge in [-0.2, -0.15) is 4.98 Å². The second-order valence-electron chi connectivity index (χ2n) is 8.85. The van der Waals surface area contributed by atoms with Crippen LogP contribution in [-0.2, 0) is 16.1 Å². The molecule has 2 atom stereocenters. The van der Waals surface area contributed by atoms with Crippen LogP contribution in [0.2, 0.25) is 0 Å².